The van der Waals surface area contributed by atoms with Gasteiger partial charge in [-0.1, -0.05) is 13.8 Å². The van der Waals surface area contributed by atoms with Gasteiger partial charge in [0.1, 0.15) is 0 Å². The third-order valence-corrected chi connectivity index (χ3v) is 3.33. The summed E-state index contributed by atoms with van der Waals surface area (Å²) in [5, 5.41) is 0. The molecule has 1 aliphatic carbocycles. The first-order valence-corrected chi connectivity index (χ1v) is 4.89. The van der Waals surface area contributed by atoms with Gasteiger partial charge in [0.2, 0.25) is 0 Å². The lowest BCUT2D eigenvalue weighted by Gasteiger charge is -2.32. The molecule has 1 aliphatic heterocycles. The van der Waals surface area contributed by atoms with E-state index in [-0.39, 0.29) is 0 Å². The standard InChI is InChI=1S/C10H18O/c1-8(2)10(9-4-5-9)6-3-7-11-10/h8-9H,3-7H2,1-2H3. The van der Waals surface area contributed by atoms with E-state index in [9.17, 15) is 0 Å². The molecule has 1 saturated carbocycles. The maximum atomic E-state index is 5.93. The van der Waals surface area contributed by atoms with Gasteiger partial charge in [-0.2, -0.15) is 0 Å². The van der Waals surface area contributed by atoms with Crippen molar-refractivity contribution in [3.8, 4) is 0 Å². The van der Waals surface area contributed by atoms with E-state index in [2.05, 4.69) is 13.8 Å². The van der Waals surface area contributed by atoms with Crippen LogP contribution in [0.2, 0.25) is 0 Å². The number of rotatable bonds is 2. The van der Waals surface area contributed by atoms with Gasteiger partial charge >= 0.3 is 0 Å². The van der Waals surface area contributed by atoms with E-state index in [1.54, 1.807) is 0 Å². The fourth-order valence-corrected chi connectivity index (χ4v) is 2.50. The molecule has 0 spiro atoms. The maximum absolute atomic E-state index is 5.93. The van der Waals surface area contributed by atoms with E-state index in [0.29, 0.717) is 5.60 Å². The average molecular weight is 154 g/mol. The Hall–Kier alpha value is -0.0400. The largest absolute Gasteiger partial charge is 0.374 e. The van der Waals surface area contributed by atoms with Gasteiger partial charge in [-0.3, -0.25) is 0 Å². The van der Waals surface area contributed by atoms with E-state index in [1.165, 1.54) is 25.7 Å². The summed E-state index contributed by atoms with van der Waals surface area (Å²) in [5.41, 5.74) is 0.306. The highest BCUT2D eigenvalue weighted by atomic mass is 16.5. The molecule has 0 aromatic heterocycles. The van der Waals surface area contributed by atoms with Crippen LogP contribution in [0.1, 0.15) is 39.5 Å². The summed E-state index contributed by atoms with van der Waals surface area (Å²) in [7, 11) is 0. The van der Waals surface area contributed by atoms with Crippen molar-refractivity contribution in [1.29, 1.82) is 0 Å². The molecule has 1 saturated heterocycles. The van der Waals surface area contributed by atoms with E-state index in [4.69, 9.17) is 4.74 Å². The molecule has 0 N–H and O–H groups in total. The van der Waals surface area contributed by atoms with E-state index in [0.717, 1.165) is 18.4 Å². The zero-order valence-electron chi connectivity index (χ0n) is 7.60. The molecule has 0 aromatic rings. The summed E-state index contributed by atoms with van der Waals surface area (Å²) < 4.78 is 5.93. The molecule has 2 aliphatic rings. The van der Waals surface area contributed by atoms with Gasteiger partial charge in [-0.05, 0) is 37.5 Å². The van der Waals surface area contributed by atoms with Gasteiger partial charge in [0.15, 0.2) is 0 Å². The zero-order valence-corrected chi connectivity index (χ0v) is 7.60. The fourth-order valence-electron chi connectivity index (χ4n) is 2.50. The SMILES string of the molecule is CC(C)C1(C2CC2)CCCO1. The molecule has 0 aromatic carbocycles. The fraction of sp³-hybridized carbons (Fsp3) is 1.00. The van der Waals surface area contributed by atoms with Crippen LogP contribution < -0.4 is 0 Å². The second-order valence-corrected chi connectivity index (χ2v) is 4.34. The Labute approximate surface area is 69.1 Å². The zero-order chi connectivity index (χ0) is 7.90. The van der Waals surface area contributed by atoms with Crippen molar-refractivity contribution < 1.29 is 4.74 Å². The highest BCUT2D eigenvalue weighted by Crippen LogP contribution is 2.50. The van der Waals surface area contributed by atoms with Gasteiger partial charge in [0, 0.05) is 6.61 Å². The third-order valence-electron chi connectivity index (χ3n) is 3.33. The Balaban J connectivity index is 2.11. The molecule has 64 valence electrons. The Bertz CT molecular complexity index is 137. The second kappa shape index (κ2) is 2.48. The summed E-state index contributed by atoms with van der Waals surface area (Å²) >= 11 is 0. The van der Waals surface area contributed by atoms with Crippen molar-refractivity contribution in [3.05, 3.63) is 0 Å². The summed E-state index contributed by atoms with van der Waals surface area (Å²) in [5.74, 6) is 1.63. The molecule has 0 bridgehead atoms. The molecule has 11 heavy (non-hydrogen) atoms. The second-order valence-electron chi connectivity index (χ2n) is 4.34. The monoisotopic (exact) mass is 154 g/mol. The first kappa shape index (κ1) is 7.60. The average Bonchev–Trinajstić information content (AvgIpc) is 2.69. The number of ether oxygens (including phenoxy) is 1. The highest BCUT2D eigenvalue weighted by Gasteiger charge is 2.49. The Morgan fingerprint density at radius 1 is 1.36 bits per heavy atom. The first-order chi connectivity index (χ1) is 5.26. The number of hydrogen-bond acceptors (Lipinski definition) is 1. The van der Waals surface area contributed by atoms with Gasteiger partial charge < -0.3 is 4.74 Å². The van der Waals surface area contributed by atoms with Crippen molar-refractivity contribution in [2.45, 2.75) is 45.1 Å². The molecule has 1 unspecified atom stereocenters. The van der Waals surface area contributed by atoms with Crippen LogP contribution in [0.5, 0.6) is 0 Å². The minimum Gasteiger partial charge on any atom is -0.374 e. The van der Waals surface area contributed by atoms with E-state index in [1.807, 2.05) is 0 Å². The van der Waals surface area contributed by atoms with Crippen LogP contribution in [0.4, 0.5) is 0 Å². The van der Waals surface area contributed by atoms with Crippen molar-refractivity contribution in [3.63, 3.8) is 0 Å². The smallest absolute Gasteiger partial charge is 0.0734 e. The lowest BCUT2D eigenvalue weighted by molar-refractivity contribution is -0.0509. The quantitative estimate of drug-likeness (QED) is 0.594. The molecular formula is C10H18O. The molecular weight excluding hydrogens is 136 g/mol. The molecule has 2 fully saturated rings. The minimum absolute atomic E-state index is 0.306. The van der Waals surface area contributed by atoms with Crippen molar-refractivity contribution >= 4 is 0 Å². The lowest BCUT2D eigenvalue weighted by Crippen LogP contribution is -2.36. The molecule has 0 amide bonds. The molecule has 1 heteroatoms. The van der Waals surface area contributed by atoms with Crippen molar-refractivity contribution in [2.75, 3.05) is 6.61 Å². The Kier molecular flexibility index (Phi) is 1.71. The van der Waals surface area contributed by atoms with Crippen LogP contribution in [0.3, 0.4) is 0 Å². The van der Waals surface area contributed by atoms with Crippen molar-refractivity contribution in [1.82, 2.24) is 0 Å². The third kappa shape index (κ3) is 1.10. The molecule has 1 heterocycles. The topological polar surface area (TPSA) is 9.23 Å². The Morgan fingerprint density at radius 2 is 2.09 bits per heavy atom. The van der Waals surface area contributed by atoms with Gasteiger partial charge in [0.25, 0.3) is 0 Å². The minimum atomic E-state index is 0.306. The van der Waals surface area contributed by atoms with Crippen LogP contribution in [0, 0.1) is 11.8 Å². The van der Waals surface area contributed by atoms with Gasteiger partial charge in [-0.15, -0.1) is 0 Å². The summed E-state index contributed by atoms with van der Waals surface area (Å²) in [6.45, 7) is 5.63. The van der Waals surface area contributed by atoms with Crippen molar-refractivity contribution in [2.24, 2.45) is 11.8 Å². The summed E-state index contributed by atoms with van der Waals surface area (Å²) in [6.07, 6.45) is 5.43. The van der Waals surface area contributed by atoms with E-state index >= 15 is 0 Å². The van der Waals surface area contributed by atoms with Crippen LogP contribution >= 0.6 is 0 Å². The molecule has 1 nitrogen and oxygen atoms in total. The predicted octanol–water partition coefficient (Wildman–Crippen LogP) is 2.60. The van der Waals surface area contributed by atoms with Gasteiger partial charge in [-0.25, -0.2) is 0 Å². The normalized spacial score (nSPS) is 38.5. The van der Waals surface area contributed by atoms with E-state index < -0.39 is 0 Å². The summed E-state index contributed by atoms with van der Waals surface area (Å²) in [6, 6.07) is 0. The lowest BCUT2D eigenvalue weighted by atomic mass is 9.83. The highest BCUT2D eigenvalue weighted by molar-refractivity contribution is 5.00. The van der Waals surface area contributed by atoms with Crippen LogP contribution in [0.15, 0.2) is 0 Å². The molecule has 1 atom stereocenters. The first-order valence-electron chi connectivity index (χ1n) is 4.89. The Morgan fingerprint density at radius 3 is 2.45 bits per heavy atom. The number of hydrogen-bond donors (Lipinski definition) is 0. The van der Waals surface area contributed by atoms with Crippen LogP contribution in [-0.4, -0.2) is 12.2 Å². The molecule has 2 rings (SSSR count). The van der Waals surface area contributed by atoms with Crippen LogP contribution in [-0.2, 0) is 4.74 Å². The molecule has 0 radical (unpaired) electrons. The van der Waals surface area contributed by atoms with Crippen LogP contribution in [0.25, 0.3) is 0 Å². The summed E-state index contributed by atoms with van der Waals surface area (Å²) in [4.78, 5) is 0. The van der Waals surface area contributed by atoms with Gasteiger partial charge in [0.05, 0.1) is 5.60 Å². The predicted molar refractivity (Wildman–Crippen MR) is 45.5 cm³/mol. The maximum Gasteiger partial charge on any atom is 0.0734 e.